The van der Waals surface area contributed by atoms with Crippen LogP contribution in [0.2, 0.25) is 0 Å². The molecular formula is C23H30N2O4S. The van der Waals surface area contributed by atoms with Crippen LogP contribution >= 0.6 is 0 Å². The minimum Gasteiger partial charge on any atom is -0.457 e. The molecule has 0 unspecified atom stereocenters. The van der Waals surface area contributed by atoms with E-state index in [-0.39, 0.29) is 11.9 Å². The summed E-state index contributed by atoms with van der Waals surface area (Å²) >= 11 is 0. The lowest BCUT2D eigenvalue weighted by Crippen LogP contribution is -2.51. The van der Waals surface area contributed by atoms with Gasteiger partial charge in [-0.3, -0.25) is 9.10 Å². The van der Waals surface area contributed by atoms with Gasteiger partial charge >= 0.3 is 0 Å². The molecule has 1 saturated carbocycles. The van der Waals surface area contributed by atoms with Gasteiger partial charge in [-0.2, -0.15) is 0 Å². The van der Waals surface area contributed by atoms with Crippen molar-refractivity contribution in [2.24, 2.45) is 0 Å². The van der Waals surface area contributed by atoms with Crippen LogP contribution in [0.4, 0.5) is 5.69 Å². The van der Waals surface area contributed by atoms with E-state index in [1.807, 2.05) is 30.3 Å². The summed E-state index contributed by atoms with van der Waals surface area (Å²) in [6, 6.07) is 15.5. The van der Waals surface area contributed by atoms with Crippen LogP contribution in [-0.4, -0.2) is 44.6 Å². The van der Waals surface area contributed by atoms with Gasteiger partial charge in [0, 0.05) is 13.1 Å². The first kappa shape index (κ1) is 22.2. The molecular weight excluding hydrogens is 400 g/mol. The molecule has 0 aliphatic heterocycles. The van der Waals surface area contributed by atoms with Crippen molar-refractivity contribution in [2.75, 3.05) is 17.6 Å². The van der Waals surface area contributed by atoms with E-state index in [0.29, 0.717) is 17.2 Å². The van der Waals surface area contributed by atoms with Gasteiger partial charge < -0.3 is 9.64 Å². The topological polar surface area (TPSA) is 66.9 Å². The van der Waals surface area contributed by atoms with Crippen molar-refractivity contribution < 1.29 is 17.9 Å². The zero-order valence-corrected chi connectivity index (χ0v) is 18.6. The molecule has 3 rings (SSSR count). The maximum Gasteiger partial charge on any atom is 0.246 e. The summed E-state index contributed by atoms with van der Waals surface area (Å²) in [5.41, 5.74) is 0.441. The minimum absolute atomic E-state index is 0.178. The third-order valence-corrected chi connectivity index (χ3v) is 6.85. The van der Waals surface area contributed by atoms with Gasteiger partial charge in [-0.15, -0.1) is 0 Å². The molecule has 0 saturated heterocycles. The zero-order chi connectivity index (χ0) is 21.7. The van der Waals surface area contributed by atoms with Crippen molar-refractivity contribution in [3.63, 3.8) is 0 Å². The van der Waals surface area contributed by atoms with E-state index >= 15 is 0 Å². The normalized spacial score (nSPS) is 16.0. The number of hydrogen-bond donors (Lipinski definition) is 0. The van der Waals surface area contributed by atoms with Crippen molar-refractivity contribution in [2.45, 2.75) is 51.1 Å². The Morgan fingerprint density at radius 1 is 0.967 bits per heavy atom. The van der Waals surface area contributed by atoms with E-state index in [1.54, 1.807) is 43.1 Å². The summed E-state index contributed by atoms with van der Waals surface area (Å²) in [5.74, 6) is 1.11. The fourth-order valence-electron chi connectivity index (χ4n) is 4.03. The Bertz CT molecular complexity index is 939. The van der Waals surface area contributed by atoms with Crippen LogP contribution < -0.4 is 9.04 Å². The molecule has 6 nitrogen and oxygen atoms in total. The van der Waals surface area contributed by atoms with Crippen LogP contribution in [0.3, 0.4) is 0 Å². The van der Waals surface area contributed by atoms with Crippen molar-refractivity contribution >= 4 is 21.6 Å². The number of sulfonamides is 1. The van der Waals surface area contributed by atoms with Gasteiger partial charge in [-0.25, -0.2) is 8.42 Å². The van der Waals surface area contributed by atoms with Crippen LogP contribution in [0.15, 0.2) is 54.6 Å². The molecule has 0 heterocycles. The summed E-state index contributed by atoms with van der Waals surface area (Å²) < 4.78 is 32.1. The monoisotopic (exact) mass is 430 g/mol. The molecule has 7 heteroatoms. The highest BCUT2D eigenvalue weighted by Gasteiger charge is 2.33. The van der Waals surface area contributed by atoms with E-state index in [2.05, 4.69) is 0 Å². The molecule has 0 spiro atoms. The molecule has 0 N–H and O–H groups in total. The number of nitrogens with zero attached hydrogens (tertiary/aromatic N) is 2. The molecule has 0 bridgehead atoms. The molecule has 1 aliphatic carbocycles. The Morgan fingerprint density at radius 2 is 1.53 bits per heavy atom. The molecule has 1 atom stereocenters. The van der Waals surface area contributed by atoms with E-state index in [1.165, 1.54) is 10.7 Å². The first-order valence-corrected chi connectivity index (χ1v) is 12.2. The summed E-state index contributed by atoms with van der Waals surface area (Å²) in [6.45, 7) is 1.65. The average molecular weight is 431 g/mol. The molecule has 162 valence electrons. The molecule has 0 radical (unpaired) electrons. The fourth-order valence-corrected chi connectivity index (χ4v) is 5.20. The average Bonchev–Trinajstić information content (AvgIpc) is 2.74. The number of carbonyl (C=O) groups excluding carboxylic acids is 1. The number of rotatable bonds is 7. The van der Waals surface area contributed by atoms with Crippen LogP contribution in [-0.2, 0) is 14.8 Å². The van der Waals surface area contributed by atoms with Crippen molar-refractivity contribution in [1.82, 2.24) is 4.90 Å². The number of benzene rings is 2. The predicted molar refractivity (Wildman–Crippen MR) is 119 cm³/mol. The maximum atomic E-state index is 13.1. The van der Waals surface area contributed by atoms with Crippen LogP contribution in [0.25, 0.3) is 0 Å². The van der Waals surface area contributed by atoms with Gasteiger partial charge in [0.05, 0.1) is 11.9 Å². The van der Waals surface area contributed by atoms with Crippen LogP contribution in [0, 0.1) is 0 Å². The molecule has 1 aliphatic rings. The maximum absolute atomic E-state index is 13.1. The molecule has 2 aromatic rings. The van der Waals surface area contributed by atoms with Crippen molar-refractivity contribution in [3.8, 4) is 11.5 Å². The Balaban J connectivity index is 1.79. The van der Waals surface area contributed by atoms with Crippen LogP contribution in [0.5, 0.6) is 11.5 Å². The van der Waals surface area contributed by atoms with Gasteiger partial charge in [0.25, 0.3) is 0 Å². The van der Waals surface area contributed by atoms with E-state index in [0.717, 1.165) is 31.9 Å². The summed E-state index contributed by atoms with van der Waals surface area (Å²) in [6.07, 6.45) is 6.48. The summed E-state index contributed by atoms with van der Waals surface area (Å²) in [7, 11) is -1.87. The lowest BCUT2D eigenvalue weighted by Gasteiger charge is -2.36. The highest BCUT2D eigenvalue weighted by Crippen LogP contribution is 2.28. The lowest BCUT2D eigenvalue weighted by molar-refractivity contribution is -0.133. The number of likely N-dealkylation sites (N-methyl/N-ethyl adjacent to an activating group) is 1. The number of amides is 1. The lowest BCUT2D eigenvalue weighted by atomic mass is 9.94. The second kappa shape index (κ2) is 9.51. The molecule has 1 fully saturated rings. The van der Waals surface area contributed by atoms with Crippen molar-refractivity contribution in [3.05, 3.63) is 54.6 Å². The first-order chi connectivity index (χ1) is 14.3. The largest absolute Gasteiger partial charge is 0.457 e. The molecule has 30 heavy (non-hydrogen) atoms. The molecule has 1 amide bonds. The number of hydrogen-bond acceptors (Lipinski definition) is 4. The number of carbonyl (C=O) groups is 1. The Labute approximate surface area is 179 Å². The standard InChI is InChI=1S/C23H30N2O4S/c1-18(23(26)24(2)19-10-6-4-7-11-19)25(30(3,27)28)20-14-16-22(17-15-20)29-21-12-8-5-9-13-21/h5,8-9,12-19H,4,6-7,10-11H2,1-3H3/t18-/m1/s1. The number of anilines is 1. The van der Waals surface area contributed by atoms with Crippen LogP contribution in [0.1, 0.15) is 39.0 Å². The van der Waals surface area contributed by atoms with E-state index < -0.39 is 16.1 Å². The quantitative estimate of drug-likeness (QED) is 0.652. The highest BCUT2D eigenvalue weighted by atomic mass is 32.2. The van der Waals surface area contributed by atoms with E-state index in [9.17, 15) is 13.2 Å². The summed E-state index contributed by atoms with van der Waals surface area (Å²) in [4.78, 5) is 14.8. The smallest absolute Gasteiger partial charge is 0.246 e. The number of ether oxygens (including phenoxy) is 1. The third kappa shape index (κ3) is 5.33. The van der Waals surface area contributed by atoms with Gasteiger partial charge in [0.2, 0.25) is 15.9 Å². The van der Waals surface area contributed by atoms with Crippen molar-refractivity contribution in [1.29, 1.82) is 0 Å². The first-order valence-electron chi connectivity index (χ1n) is 10.4. The molecule has 0 aromatic heterocycles. The predicted octanol–water partition coefficient (Wildman–Crippen LogP) is 4.42. The Kier molecular flexibility index (Phi) is 7.02. The summed E-state index contributed by atoms with van der Waals surface area (Å²) in [5, 5.41) is 0. The van der Waals surface area contributed by atoms with Gasteiger partial charge in [0.1, 0.15) is 17.5 Å². The third-order valence-electron chi connectivity index (χ3n) is 5.61. The number of para-hydroxylation sites is 1. The van der Waals surface area contributed by atoms with Gasteiger partial charge in [0.15, 0.2) is 0 Å². The Morgan fingerprint density at radius 3 is 2.10 bits per heavy atom. The second-order valence-corrected chi connectivity index (χ2v) is 9.74. The Hall–Kier alpha value is -2.54. The SMILES string of the molecule is C[C@H](C(=O)N(C)C1CCCCC1)N(c1ccc(Oc2ccccc2)cc1)S(C)(=O)=O. The second-order valence-electron chi connectivity index (χ2n) is 7.88. The fraction of sp³-hybridized carbons (Fsp3) is 0.435. The van der Waals surface area contributed by atoms with E-state index in [4.69, 9.17) is 4.74 Å². The van der Waals surface area contributed by atoms with Gasteiger partial charge in [-0.1, -0.05) is 37.5 Å². The minimum atomic E-state index is -3.65. The molecule has 2 aromatic carbocycles. The van der Waals surface area contributed by atoms with Gasteiger partial charge in [-0.05, 0) is 56.2 Å². The zero-order valence-electron chi connectivity index (χ0n) is 17.8. The highest BCUT2D eigenvalue weighted by molar-refractivity contribution is 7.92.